The first-order chi connectivity index (χ1) is 21.9. The maximum atomic E-state index is 6.80. The van der Waals surface area contributed by atoms with E-state index in [9.17, 15) is 0 Å². The molecule has 5 nitrogen and oxygen atoms in total. The van der Waals surface area contributed by atoms with E-state index in [2.05, 4.69) is 79.6 Å². The van der Waals surface area contributed by atoms with Crippen molar-refractivity contribution < 1.29 is 23.7 Å². The molecule has 1 heterocycles. The Kier molecular flexibility index (Phi) is 12.2. The number of rotatable bonds is 13. The average molecular weight is 621 g/mol. The van der Waals surface area contributed by atoms with Crippen LogP contribution in [0.5, 0.6) is 0 Å². The van der Waals surface area contributed by atoms with E-state index >= 15 is 0 Å². The quantitative estimate of drug-likeness (QED) is 0.114. The maximum Gasteiger partial charge on any atom is 0.146 e. The second kappa shape index (κ2) is 16.7. The molecule has 0 bridgehead atoms. The Morgan fingerprint density at radius 3 is 1.38 bits per heavy atom. The lowest BCUT2D eigenvalue weighted by Gasteiger charge is -2.45. The summed E-state index contributed by atoms with van der Waals surface area (Å²) in [7, 11) is -1.72. The van der Waals surface area contributed by atoms with Crippen LogP contribution in [0.25, 0.3) is 0 Å². The molecule has 3 unspecified atom stereocenters. The van der Waals surface area contributed by atoms with E-state index in [1.807, 2.05) is 72.8 Å². The summed E-state index contributed by atoms with van der Waals surface area (Å²) < 4.78 is 33.3. The van der Waals surface area contributed by atoms with Gasteiger partial charge in [0.2, 0.25) is 0 Å². The van der Waals surface area contributed by atoms with E-state index in [1.54, 1.807) is 0 Å². The lowest BCUT2D eigenvalue weighted by atomic mass is 9.94. The third-order valence-electron chi connectivity index (χ3n) is 7.47. The van der Waals surface area contributed by atoms with Gasteiger partial charge in [0.15, 0.2) is 0 Å². The predicted octanol–water partition coefficient (Wildman–Crippen LogP) is 7.61. The minimum atomic E-state index is -1.72. The smallest absolute Gasteiger partial charge is 0.146 e. The van der Waals surface area contributed by atoms with Crippen LogP contribution in [-0.2, 0) is 50.1 Å². The van der Waals surface area contributed by atoms with Crippen molar-refractivity contribution in [3.05, 3.63) is 144 Å². The van der Waals surface area contributed by atoms with Crippen LogP contribution in [-0.4, -0.2) is 45.2 Å². The van der Waals surface area contributed by atoms with E-state index in [0.29, 0.717) is 33.0 Å². The van der Waals surface area contributed by atoms with Crippen LogP contribution in [0.3, 0.4) is 0 Å². The Balaban J connectivity index is 1.46. The topological polar surface area (TPSA) is 46.2 Å². The first-order valence-corrected chi connectivity index (χ1v) is 19.2. The van der Waals surface area contributed by atoms with Gasteiger partial charge >= 0.3 is 0 Å². The molecule has 1 aliphatic rings. The summed E-state index contributed by atoms with van der Waals surface area (Å²) >= 11 is 0. The van der Waals surface area contributed by atoms with Gasteiger partial charge in [-0.2, -0.15) is 0 Å². The van der Waals surface area contributed by atoms with Gasteiger partial charge in [-0.3, -0.25) is 0 Å². The summed E-state index contributed by atoms with van der Waals surface area (Å²) in [5.41, 5.74) is 7.87. The molecular formula is C39H44O5Si. The molecule has 45 heavy (non-hydrogen) atoms. The molecule has 1 aliphatic heterocycles. The minimum Gasteiger partial charge on any atom is -0.374 e. The van der Waals surface area contributed by atoms with Crippen LogP contribution in [0.2, 0.25) is 19.6 Å². The van der Waals surface area contributed by atoms with Crippen LogP contribution >= 0.6 is 0 Å². The van der Waals surface area contributed by atoms with Gasteiger partial charge in [0.25, 0.3) is 0 Å². The van der Waals surface area contributed by atoms with Gasteiger partial charge in [-0.05, 0) is 22.3 Å². The fraction of sp³-hybridized carbons (Fsp3) is 0.333. The lowest BCUT2D eigenvalue weighted by Crippen LogP contribution is -2.61. The van der Waals surface area contributed by atoms with Crippen LogP contribution < -0.4 is 0 Å². The van der Waals surface area contributed by atoms with Crippen molar-refractivity contribution in [1.29, 1.82) is 0 Å². The Bertz CT molecular complexity index is 1470. The molecule has 1 fully saturated rings. The van der Waals surface area contributed by atoms with Crippen LogP contribution in [0.15, 0.2) is 121 Å². The van der Waals surface area contributed by atoms with Crippen LogP contribution in [0.4, 0.5) is 0 Å². The summed E-state index contributed by atoms with van der Waals surface area (Å²) in [5.74, 6) is 3.48. The largest absolute Gasteiger partial charge is 0.374 e. The van der Waals surface area contributed by atoms with Gasteiger partial charge in [-0.1, -0.05) is 147 Å². The van der Waals surface area contributed by atoms with Crippen LogP contribution in [0, 0.1) is 11.5 Å². The van der Waals surface area contributed by atoms with Gasteiger partial charge in [0.05, 0.1) is 33.0 Å². The predicted molar refractivity (Wildman–Crippen MR) is 181 cm³/mol. The van der Waals surface area contributed by atoms with Crippen molar-refractivity contribution in [1.82, 2.24) is 0 Å². The monoisotopic (exact) mass is 620 g/mol. The number of ether oxygens (including phenoxy) is 5. The molecular weight excluding hydrogens is 577 g/mol. The molecule has 6 heteroatoms. The van der Waals surface area contributed by atoms with Gasteiger partial charge in [0.1, 0.15) is 38.6 Å². The molecule has 4 aromatic rings. The van der Waals surface area contributed by atoms with E-state index in [-0.39, 0.29) is 0 Å². The maximum absolute atomic E-state index is 6.80. The molecule has 234 valence electrons. The van der Waals surface area contributed by atoms with E-state index in [4.69, 9.17) is 23.7 Å². The van der Waals surface area contributed by atoms with Crippen molar-refractivity contribution in [2.24, 2.45) is 0 Å². The SMILES string of the molecule is C[Si](C)(C)C#C[C@H]1OC(COCc2ccccc2)[C@H](OCc2ccccc2)C(OCc2ccccc2)C1OCc1ccccc1. The highest BCUT2D eigenvalue weighted by Gasteiger charge is 2.48. The zero-order valence-corrected chi connectivity index (χ0v) is 27.5. The summed E-state index contributed by atoms with van der Waals surface area (Å²) in [6.45, 7) is 8.73. The van der Waals surface area contributed by atoms with Gasteiger partial charge in [-0.25, -0.2) is 0 Å². The molecule has 0 amide bonds. The summed E-state index contributed by atoms with van der Waals surface area (Å²) in [4.78, 5) is 0. The molecule has 0 aromatic heterocycles. The van der Waals surface area contributed by atoms with Gasteiger partial charge in [0, 0.05) is 0 Å². The van der Waals surface area contributed by atoms with E-state index in [0.717, 1.165) is 22.3 Å². The van der Waals surface area contributed by atoms with Gasteiger partial charge in [-0.15, -0.1) is 5.54 Å². The van der Waals surface area contributed by atoms with Gasteiger partial charge < -0.3 is 23.7 Å². The Hall–Kier alpha value is -3.54. The highest BCUT2D eigenvalue weighted by Crippen LogP contribution is 2.31. The van der Waals surface area contributed by atoms with Crippen molar-refractivity contribution in [3.8, 4) is 11.5 Å². The molecule has 0 spiro atoms. The average Bonchev–Trinajstić information content (AvgIpc) is 3.06. The summed E-state index contributed by atoms with van der Waals surface area (Å²) in [5, 5.41) is 0. The van der Waals surface area contributed by atoms with E-state index < -0.39 is 38.6 Å². The number of benzene rings is 4. The molecule has 5 rings (SSSR count). The zero-order valence-electron chi connectivity index (χ0n) is 26.5. The normalized spacial score (nSPS) is 21.5. The molecule has 5 atom stereocenters. The number of hydrogen-bond donors (Lipinski definition) is 0. The fourth-order valence-electron chi connectivity index (χ4n) is 5.19. The molecule has 0 N–H and O–H groups in total. The number of hydrogen-bond acceptors (Lipinski definition) is 5. The van der Waals surface area contributed by atoms with Crippen molar-refractivity contribution in [2.45, 2.75) is 76.6 Å². The molecule has 1 saturated heterocycles. The fourth-order valence-corrected chi connectivity index (χ4v) is 5.77. The Morgan fingerprint density at radius 1 is 0.533 bits per heavy atom. The second-order valence-corrected chi connectivity index (χ2v) is 17.1. The third-order valence-corrected chi connectivity index (χ3v) is 8.37. The van der Waals surface area contributed by atoms with E-state index in [1.165, 1.54) is 0 Å². The second-order valence-electron chi connectivity index (χ2n) is 12.4. The summed E-state index contributed by atoms with van der Waals surface area (Å²) in [6, 6.07) is 40.7. The van der Waals surface area contributed by atoms with Crippen molar-refractivity contribution >= 4 is 8.07 Å². The summed E-state index contributed by atoms with van der Waals surface area (Å²) in [6.07, 6.45) is -2.34. The zero-order chi connectivity index (χ0) is 31.3. The Morgan fingerprint density at radius 2 is 0.933 bits per heavy atom. The van der Waals surface area contributed by atoms with Crippen molar-refractivity contribution in [3.63, 3.8) is 0 Å². The lowest BCUT2D eigenvalue weighted by molar-refractivity contribution is -0.261. The molecule has 0 radical (unpaired) electrons. The minimum absolute atomic E-state index is 0.329. The first-order valence-electron chi connectivity index (χ1n) is 15.7. The van der Waals surface area contributed by atoms with Crippen molar-refractivity contribution in [2.75, 3.05) is 6.61 Å². The Labute approximate surface area is 269 Å². The third kappa shape index (κ3) is 10.5. The van der Waals surface area contributed by atoms with Crippen LogP contribution in [0.1, 0.15) is 22.3 Å². The standard InChI is InChI=1S/C39H44O5Si/c1-45(2,3)25-24-35-37(41-27-32-18-10-5-11-19-32)39(43-29-34-22-14-7-15-23-34)38(42-28-33-20-12-6-13-21-33)36(44-35)30-40-26-31-16-8-4-9-17-31/h4-23,35-39H,26-30H2,1-3H3/t35-,36?,37?,38+,39?/m1/s1. The highest BCUT2D eigenvalue weighted by molar-refractivity contribution is 6.83. The highest BCUT2D eigenvalue weighted by atomic mass is 28.3. The molecule has 0 saturated carbocycles. The molecule has 0 aliphatic carbocycles. The molecule has 4 aromatic carbocycles. The first kappa shape index (κ1) is 32.8.